The number of ether oxygens (including phenoxy) is 1. The number of hydroxylamine groups is 2. The number of nitrogens with zero attached hydrogens (tertiary/aromatic N) is 1. The Kier molecular flexibility index (Phi) is 5.23. The number of methoxy groups -OCH3 is 1. The summed E-state index contributed by atoms with van der Waals surface area (Å²) in [5, 5.41) is 4.20. The molecule has 0 fully saturated rings. The van der Waals surface area contributed by atoms with Crippen LogP contribution in [0.5, 0.6) is 0 Å². The number of benzene rings is 1. The SMILES string of the molecule is C=CCON1C(=O)C(C)(C)Nc2ccc(F)cc2C1CC(=O)OC. The molecule has 0 saturated carbocycles. The van der Waals surface area contributed by atoms with Crippen LogP contribution in [-0.2, 0) is 19.2 Å². The van der Waals surface area contributed by atoms with E-state index in [0.717, 1.165) is 5.06 Å². The monoisotopic (exact) mass is 336 g/mol. The Morgan fingerprint density at radius 1 is 1.50 bits per heavy atom. The van der Waals surface area contributed by atoms with Crippen LogP contribution in [0, 0.1) is 5.82 Å². The smallest absolute Gasteiger partial charge is 0.308 e. The molecular weight excluding hydrogens is 315 g/mol. The fourth-order valence-corrected chi connectivity index (χ4v) is 2.57. The van der Waals surface area contributed by atoms with Crippen molar-refractivity contribution in [3.8, 4) is 0 Å². The second-order valence-corrected chi connectivity index (χ2v) is 5.99. The highest BCUT2D eigenvalue weighted by atomic mass is 19.1. The summed E-state index contributed by atoms with van der Waals surface area (Å²) in [7, 11) is 1.25. The molecule has 0 saturated heterocycles. The van der Waals surface area contributed by atoms with E-state index in [-0.39, 0.29) is 18.9 Å². The standard InChI is InChI=1S/C17H21FN2O4/c1-5-8-24-20-14(10-15(21)23-4)12-9-11(18)6-7-13(12)19-17(2,3)16(20)22/h5-7,9,14,19H,1,8,10H2,2-4H3. The Bertz CT molecular complexity index is 660. The first-order chi connectivity index (χ1) is 11.3. The van der Waals surface area contributed by atoms with Crippen LogP contribution in [0.3, 0.4) is 0 Å². The fraction of sp³-hybridized carbons (Fsp3) is 0.412. The highest BCUT2D eigenvalue weighted by Gasteiger charge is 2.42. The van der Waals surface area contributed by atoms with E-state index >= 15 is 0 Å². The number of carbonyl (C=O) groups is 2. The largest absolute Gasteiger partial charge is 0.469 e. The maximum absolute atomic E-state index is 13.8. The van der Waals surface area contributed by atoms with Crippen molar-refractivity contribution in [1.82, 2.24) is 5.06 Å². The topological polar surface area (TPSA) is 67.9 Å². The summed E-state index contributed by atoms with van der Waals surface area (Å²) in [6.45, 7) is 7.01. The van der Waals surface area contributed by atoms with E-state index < -0.39 is 23.4 Å². The van der Waals surface area contributed by atoms with Gasteiger partial charge in [-0.3, -0.25) is 14.4 Å². The molecule has 1 aliphatic rings. The van der Waals surface area contributed by atoms with Gasteiger partial charge in [0.1, 0.15) is 11.4 Å². The van der Waals surface area contributed by atoms with Crippen molar-refractivity contribution in [3.05, 3.63) is 42.2 Å². The first-order valence-corrected chi connectivity index (χ1v) is 7.52. The van der Waals surface area contributed by atoms with Crippen LogP contribution < -0.4 is 5.32 Å². The van der Waals surface area contributed by atoms with Crippen LogP contribution in [0.1, 0.15) is 31.9 Å². The zero-order chi connectivity index (χ0) is 17.9. The quantitative estimate of drug-likeness (QED) is 0.661. The number of nitrogens with one attached hydrogen (secondary N) is 1. The molecule has 0 bridgehead atoms. The van der Waals surface area contributed by atoms with Gasteiger partial charge in [-0.25, -0.2) is 9.45 Å². The van der Waals surface area contributed by atoms with Gasteiger partial charge in [0, 0.05) is 11.3 Å². The van der Waals surface area contributed by atoms with Gasteiger partial charge < -0.3 is 10.1 Å². The van der Waals surface area contributed by atoms with Crippen LogP contribution in [0.2, 0.25) is 0 Å². The van der Waals surface area contributed by atoms with E-state index in [9.17, 15) is 14.0 Å². The minimum atomic E-state index is -1.00. The fourth-order valence-electron chi connectivity index (χ4n) is 2.57. The molecule has 1 aromatic rings. The van der Waals surface area contributed by atoms with Crippen LogP contribution in [0.15, 0.2) is 30.9 Å². The van der Waals surface area contributed by atoms with E-state index in [0.29, 0.717) is 11.3 Å². The molecule has 24 heavy (non-hydrogen) atoms. The molecule has 2 rings (SSSR count). The number of rotatable bonds is 5. The van der Waals surface area contributed by atoms with E-state index in [1.54, 1.807) is 19.9 Å². The summed E-state index contributed by atoms with van der Waals surface area (Å²) < 4.78 is 18.5. The summed E-state index contributed by atoms with van der Waals surface area (Å²) in [6, 6.07) is 3.31. The van der Waals surface area contributed by atoms with Gasteiger partial charge in [0.15, 0.2) is 0 Å². The van der Waals surface area contributed by atoms with E-state index in [1.165, 1.54) is 25.3 Å². The van der Waals surface area contributed by atoms with Crippen LogP contribution in [0.4, 0.5) is 10.1 Å². The highest BCUT2D eigenvalue weighted by Crippen LogP contribution is 2.38. The lowest BCUT2D eigenvalue weighted by Crippen LogP contribution is -2.49. The number of carbonyl (C=O) groups excluding carboxylic acids is 2. The molecule has 6 nitrogen and oxygen atoms in total. The summed E-state index contributed by atoms with van der Waals surface area (Å²) in [4.78, 5) is 30.2. The molecule has 0 aromatic heterocycles. The Labute approximate surface area is 140 Å². The number of hydrogen-bond acceptors (Lipinski definition) is 5. The maximum Gasteiger partial charge on any atom is 0.308 e. The second-order valence-electron chi connectivity index (χ2n) is 5.99. The highest BCUT2D eigenvalue weighted by molar-refractivity contribution is 5.90. The zero-order valence-electron chi connectivity index (χ0n) is 14.0. The van der Waals surface area contributed by atoms with Crippen molar-refractivity contribution in [2.45, 2.75) is 31.8 Å². The number of halogens is 1. The number of amides is 1. The van der Waals surface area contributed by atoms with E-state index in [2.05, 4.69) is 11.9 Å². The molecule has 1 unspecified atom stereocenters. The molecule has 1 heterocycles. The van der Waals surface area contributed by atoms with E-state index in [4.69, 9.17) is 9.57 Å². The van der Waals surface area contributed by atoms with Crippen molar-refractivity contribution < 1.29 is 23.6 Å². The van der Waals surface area contributed by atoms with Crippen LogP contribution >= 0.6 is 0 Å². The number of fused-ring (bicyclic) bond motifs is 1. The average molecular weight is 336 g/mol. The van der Waals surface area contributed by atoms with Crippen molar-refractivity contribution in [2.24, 2.45) is 0 Å². The van der Waals surface area contributed by atoms with Crippen LogP contribution in [0.25, 0.3) is 0 Å². The number of esters is 1. The predicted octanol–water partition coefficient (Wildman–Crippen LogP) is 2.58. The molecule has 0 spiro atoms. The lowest BCUT2D eigenvalue weighted by Gasteiger charge is -2.32. The Morgan fingerprint density at radius 3 is 2.83 bits per heavy atom. The van der Waals surface area contributed by atoms with Gasteiger partial charge in [0.2, 0.25) is 0 Å². The summed E-state index contributed by atoms with van der Waals surface area (Å²) in [6.07, 6.45) is 1.33. The molecule has 1 N–H and O–H groups in total. The molecule has 1 aromatic carbocycles. The van der Waals surface area contributed by atoms with Crippen LogP contribution in [-0.4, -0.2) is 36.2 Å². The minimum Gasteiger partial charge on any atom is -0.469 e. The minimum absolute atomic E-state index is 0.0736. The first kappa shape index (κ1) is 17.9. The zero-order valence-corrected chi connectivity index (χ0v) is 14.0. The second kappa shape index (κ2) is 7.00. The molecule has 130 valence electrons. The predicted molar refractivity (Wildman–Crippen MR) is 86.5 cm³/mol. The van der Waals surface area contributed by atoms with Gasteiger partial charge in [-0.05, 0) is 32.0 Å². The molecular formula is C17H21FN2O4. The van der Waals surface area contributed by atoms with Gasteiger partial charge in [0.25, 0.3) is 5.91 Å². The summed E-state index contributed by atoms with van der Waals surface area (Å²) >= 11 is 0. The third-order valence-electron chi connectivity index (χ3n) is 3.76. The normalized spacial score (nSPS) is 19.1. The molecule has 1 aliphatic heterocycles. The molecule has 0 aliphatic carbocycles. The van der Waals surface area contributed by atoms with Gasteiger partial charge in [-0.1, -0.05) is 6.08 Å². The molecule has 1 atom stereocenters. The Morgan fingerprint density at radius 2 is 2.21 bits per heavy atom. The lowest BCUT2D eigenvalue weighted by molar-refractivity contribution is -0.202. The van der Waals surface area contributed by atoms with Gasteiger partial charge >= 0.3 is 5.97 Å². The van der Waals surface area contributed by atoms with E-state index in [1.807, 2.05) is 0 Å². The third kappa shape index (κ3) is 3.56. The first-order valence-electron chi connectivity index (χ1n) is 7.52. The molecule has 0 radical (unpaired) electrons. The summed E-state index contributed by atoms with van der Waals surface area (Å²) in [5.41, 5.74) is 0.00950. The third-order valence-corrected chi connectivity index (χ3v) is 3.76. The number of hydrogen-bond donors (Lipinski definition) is 1. The van der Waals surface area contributed by atoms with Crippen molar-refractivity contribution >= 4 is 17.6 Å². The van der Waals surface area contributed by atoms with Gasteiger partial charge in [0.05, 0.1) is 26.2 Å². The Balaban J connectivity index is 2.57. The summed E-state index contributed by atoms with van der Waals surface area (Å²) in [5.74, 6) is -1.38. The van der Waals surface area contributed by atoms with Gasteiger partial charge in [-0.2, -0.15) is 0 Å². The maximum atomic E-state index is 13.8. The number of anilines is 1. The molecule has 7 heteroatoms. The molecule has 1 amide bonds. The van der Waals surface area contributed by atoms with Gasteiger partial charge in [-0.15, -0.1) is 6.58 Å². The lowest BCUT2D eigenvalue weighted by atomic mass is 10.0. The Hall–Kier alpha value is -2.41. The van der Waals surface area contributed by atoms with Crippen molar-refractivity contribution in [2.75, 3.05) is 19.0 Å². The average Bonchev–Trinajstić information content (AvgIpc) is 2.61. The van der Waals surface area contributed by atoms with Crippen molar-refractivity contribution in [3.63, 3.8) is 0 Å². The van der Waals surface area contributed by atoms with Crippen molar-refractivity contribution in [1.29, 1.82) is 0 Å².